The van der Waals surface area contributed by atoms with Gasteiger partial charge in [0.1, 0.15) is 5.82 Å². The molecule has 3 rings (SSSR count). The van der Waals surface area contributed by atoms with Gasteiger partial charge in [-0.1, -0.05) is 6.07 Å². The molecule has 2 aromatic rings. The van der Waals surface area contributed by atoms with E-state index in [1.807, 2.05) is 0 Å². The van der Waals surface area contributed by atoms with Crippen LogP contribution in [0.1, 0.15) is 18.4 Å². The highest BCUT2D eigenvalue weighted by atomic mass is 32.2. The van der Waals surface area contributed by atoms with Crippen LogP contribution in [-0.2, 0) is 14.8 Å². The molecule has 0 bridgehead atoms. The summed E-state index contributed by atoms with van der Waals surface area (Å²) in [6.07, 6.45) is 1.75. The van der Waals surface area contributed by atoms with Crippen molar-refractivity contribution in [1.82, 2.24) is 4.31 Å². The van der Waals surface area contributed by atoms with Gasteiger partial charge in [0.05, 0.1) is 17.1 Å². The number of rotatable bonds is 6. The molecule has 1 aliphatic heterocycles. The monoisotopic (exact) mass is 391 g/mol. The van der Waals surface area contributed by atoms with E-state index in [2.05, 4.69) is 10.6 Å². The molecule has 2 aromatic carbocycles. The van der Waals surface area contributed by atoms with Crippen LogP contribution in [0.25, 0.3) is 0 Å². The first kappa shape index (κ1) is 19.3. The maximum atomic E-state index is 13.8. The second-order valence-electron chi connectivity index (χ2n) is 6.52. The number of carbonyl (C=O) groups is 1. The molecule has 1 amide bonds. The predicted molar refractivity (Wildman–Crippen MR) is 103 cm³/mol. The zero-order chi connectivity index (χ0) is 19.4. The third kappa shape index (κ3) is 4.64. The zero-order valence-electron chi connectivity index (χ0n) is 15.0. The molecule has 1 heterocycles. The van der Waals surface area contributed by atoms with Crippen LogP contribution in [-0.4, -0.2) is 38.3 Å². The van der Waals surface area contributed by atoms with Crippen LogP contribution >= 0.6 is 0 Å². The van der Waals surface area contributed by atoms with Crippen LogP contribution in [0, 0.1) is 12.7 Å². The topological polar surface area (TPSA) is 78.5 Å². The van der Waals surface area contributed by atoms with Crippen LogP contribution in [0.2, 0.25) is 0 Å². The van der Waals surface area contributed by atoms with Crippen LogP contribution in [0.15, 0.2) is 47.4 Å². The Labute approximate surface area is 158 Å². The summed E-state index contributed by atoms with van der Waals surface area (Å²) in [6.45, 7) is 2.77. The SMILES string of the molecule is Cc1ccc(NCC(=O)Nc2ccc(S(=O)(=O)N3CCCC3)cc2)c(F)c1. The van der Waals surface area contributed by atoms with Gasteiger partial charge in [0.15, 0.2) is 0 Å². The van der Waals surface area contributed by atoms with E-state index >= 15 is 0 Å². The molecule has 1 aliphatic rings. The number of hydrogen-bond donors (Lipinski definition) is 2. The number of nitrogens with zero attached hydrogens (tertiary/aromatic N) is 1. The Morgan fingerprint density at radius 1 is 1.11 bits per heavy atom. The predicted octanol–water partition coefficient (Wildman–Crippen LogP) is 2.97. The highest BCUT2D eigenvalue weighted by Gasteiger charge is 2.26. The molecule has 0 spiro atoms. The van der Waals surface area contributed by atoms with Crippen molar-refractivity contribution in [2.75, 3.05) is 30.3 Å². The Bertz CT molecular complexity index is 924. The van der Waals surface area contributed by atoms with Gasteiger partial charge in [0.2, 0.25) is 15.9 Å². The van der Waals surface area contributed by atoms with Gasteiger partial charge in [0, 0.05) is 18.8 Å². The van der Waals surface area contributed by atoms with E-state index in [1.165, 1.54) is 22.5 Å². The number of sulfonamides is 1. The van der Waals surface area contributed by atoms with E-state index in [0.29, 0.717) is 18.8 Å². The van der Waals surface area contributed by atoms with Gasteiger partial charge in [0.25, 0.3) is 0 Å². The number of hydrogen-bond acceptors (Lipinski definition) is 4. The minimum atomic E-state index is -3.47. The number of amides is 1. The first-order valence-corrected chi connectivity index (χ1v) is 10.2. The molecule has 0 unspecified atom stereocenters. The van der Waals surface area contributed by atoms with Gasteiger partial charge in [-0.15, -0.1) is 0 Å². The van der Waals surface area contributed by atoms with E-state index in [-0.39, 0.29) is 23.0 Å². The summed E-state index contributed by atoms with van der Waals surface area (Å²) in [6, 6.07) is 10.8. The lowest BCUT2D eigenvalue weighted by molar-refractivity contribution is -0.114. The van der Waals surface area contributed by atoms with Gasteiger partial charge >= 0.3 is 0 Å². The fraction of sp³-hybridized carbons (Fsp3) is 0.316. The quantitative estimate of drug-likeness (QED) is 0.794. The summed E-state index contributed by atoms with van der Waals surface area (Å²) in [5.41, 5.74) is 1.53. The van der Waals surface area contributed by atoms with Crippen LogP contribution < -0.4 is 10.6 Å². The van der Waals surface area contributed by atoms with Crippen molar-refractivity contribution in [3.05, 3.63) is 53.8 Å². The smallest absolute Gasteiger partial charge is 0.243 e. The molecule has 0 radical (unpaired) electrons. The molecular formula is C19H22FN3O3S. The summed E-state index contributed by atoms with van der Waals surface area (Å²) in [7, 11) is -3.47. The first-order chi connectivity index (χ1) is 12.9. The number of aryl methyl sites for hydroxylation is 1. The molecule has 144 valence electrons. The lowest BCUT2D eigenvalue weighted by Crippen LogP contribution is -2.27. The first-order valence-electron chi connectivity index (χ1n) is 8.76. The number of anilines is 2. The summed E-state index contributed by atoms with van der Waals surface area (Å²) < 4.78 is 40.2. The standard InChI is InChI=1S/C19H22FN3O3S/c1-14-4-9-18(17(20)12-14)21-13-19(24)22-15-5-7-16(8-6-15)27(25,26)23-10-2-3-11-23/h4-9,12,21H,2-3,10-11,13H2,1H3,(H,22,24). The molecule has 2 N–H and O–H groups in total. The molecule has 0 aromatic heterocycles. The third-order valence-electron chi connectivity index (χ3n) is 4.40. The summed E-state index contributed by atoms with van der Waals surface area (Å²) in [5, 5.41) is 5.40. The van der Waals surface area contributed by atoms with E-state index in [9.17, 15) is 17.6 Å². The van der Waals surface area contributed by atoms with Gasteiger partial charge in [-0.25, -0.2) is 12.8 Å². The molecule has 6 nitrogen and oxygen atoms in total. The maximum Gasteiger partial charge on any atom is 0.243 e. The van der Waals surface area contributed by atoms with Crippen molar-refractivity contribution in [3.8, 4) is 0 Å². The number of nitrogens with one attached hydrogen (secondary N) is 2. The average Bonchev–Trinajstić information content (AvgIpc) is 3.17. The minimum absolute atomic E-state index is 0.103. The van der Waals surface area contributed by atoms with Crippen molar-refractivity contribution in [3.63, 3.8) is 0 Å². The molecule has 8 heteroatoms. The normalized spacial score (nSPS) is 14.9. The van der Waals surface area contributed by atoms with Crippen LogP contribution in [0.3, 0.4) is 0 Å². The molecular weight excluding hydrogens is 369 g/mol. The highest BCUT2D eigenvalue weighted by molar-refractivity contribution is 7.89. The Hall–Kier alpha value is -2.45. The van der Waals surface area contributed by atoms with E-state index in [4.69, 9.17) is 0 Å². The van der Waals surface area contributed by atoms with Crippen molar-refractivity contribution < 1.29 is 17.6 Å². The molecule has 0 aliphatic carbocycles. The second kappa shape index (κ2) is 8.06. The molecule has 27 heavy (non-hydrogen) atoms. The zero-order valence-corrected chi connectivity index (χ0v) is 15.9. The highest BCUT2D eigenvalue weighted by Crippen LogP contribution is 2.22. The van der Waals surface area contributed by atoms with Gasteiger partial charge in [-0.05, 0) is 61.7 Å². The Morgan fingerprint density at radius 3 is 2.41 bits per heavy atom. The van der Waals surface area contributed by atoms with E-state index in [0.717, 1.165) is 18.4 Å². The lowest BCUT2D eigenvalue weighted by atomic mass is 10.2. The number of benzene rings is 2. The Kier molecular flexibility index (Phi) is 5.76. The number of halogens is 1. The Balaban J connectivity index is 1.58. The van der Waals surface area contributed by atoms with Crippen LogP contribution in [0.4, 0.5) is 15.8 Å². The fourth-order valence-electron chi connectivity index (χ4n) is 2.93. The van der Waals surface area contributed by atoms with Crippen molar-refractivity contribution in [2.24, 2.45) is 0 Å². The summed E-state index contributed by atoms with van der Waals surface area (Å²) >= 11 is 0. The van der Waals surface area contributed by atoms with Crippen molar-refractivity contribution in [2.45, 2.75) is 24.7 Å². The van der Waals surface area contributed by atoms with Crippen LogP contribution in [0.5, 0.6) is 0 Å². The van der Waals surface area contributed by atoms with Gasteiger partial charge in [-0.2, -0.15) is 4.31 Å². The van der Waals surface area contributed by atoms with Gasteiger partial charge < -0.3 is 10.6 Å². The second-order valence-corrected chi connectivity index (χ2v) is 8.46. The lowest BCUT2D eigenvalue weighted by Gasteiger charge is -2.15. The van der Waals surface area contributed by atoms with Crippen molar-refractivity contribution >= 4 is 27.3 Å². The molecule has 1 fully saturated rings. The van der Waals surface area contributed by atoms with E-state index in [1.54, 1.807) is 31.2 Å². The maximum absolute atomic E-state index is 13.8. The van der Waals surface area contributed by atoms with E-state index < -0.39 is 15.8 Å². The summed E-state index contributed by atoms with van der Waals surface area (Å²) in [5.74, 6) is -0.774. The molecule has 1 saturated heterocycles. The summed E-state index contributed by atoms with van der Waals surface area (Å²) in [4.78, 5) is 12.2. The molecule has 0 saturated carbocycles. The van der Waals surface area contributed by atoms with Gasteiger partial charge in [-0.3, -0.25) is 4.79 Å². The average molecular weight is 391 g/mol. The number of carbonyl (C=O) groups excluding carboxylic acids is 1. The fourth-order valence-corrected chi connectivity index (χ4v) is 4.45. The largest absolute Gasteiger partial charge is 0.374 e. The minimum Gasteiger partial charge on any atom is -0.374 e. The molecule has 0 atom stereocenters. The van der Waals surface area contributed by atoms with Crippen molar-refractivity contribution in [1.29, 1.82) is 0 Å². The Morgan fingerprint density at radius 2 is 1.78 bits per heavy atom. The third-order valence-corrected chi connectivity index (χ3v) is 6.32.